The number of nitriles is 1. The number of hydrogen-bond donors (Lipinski definition) is 1. The molecule has 0 spiro atoms. The molecular weight excluding hydrogens is 298 g/mol. The minimum Gasteiger partial charge on any atom is -0.336 e. The van der Waals surface area contributed by atoms with E-state index in [1.807, 2.05) is 0 Å². The molecule has 1 aliphatic rings. The van der Waals surface area contributed by atoms with E-state index in [0.717, 1.165) is 19.3 Å². The van der Waals surface area contributed by atoms with E-state index < -0.39 is 16.5 Å². The van der Waals surface area contributed by atoms with Crippen LogP contribution in [-0.2, 0) is 4.79 Å². The number of nitrogens with one attached hydrogen (secondary N) is 1. The molecule has 8 heteroatoms. The maximum atomic E-state index is 12.5. The van der Waals surface area contributed by atoms with Crippen molar-refractivity contribution in [1.82, 2.24) is 15.1 Å². The summed E-state index contributed by atoms with van der Waals surface area (Å²) in [5, 5.41) is 27.5. The van der Waals surface area contributed by atoms with Gasteiger partial charge in [0, 0.05) is 0 Å². The lowest BCUT2D eigenvalue weighted by Gasteiger charge is -2.32. The Kier molecular flexibility index (Phi) is 4.68. The monoisotopic (exact) mass is 319 g/mol. The minimum absolute atomic E-state index is 0.0719. The van der Waals surface area contributed by atoms with E-state index in [9.17, 15) is 20.2 Å². The molecule has 1 aromatic heterocycles. The Labute approximate surface area is 134 Å². The fourth-order valence-corrected chi connectivity index (χ4v) is 3.17. The highest BCUT2D eigenvalue weighted by atomic mass is 16.6. The van der Waals surface area contributed by atoms with Crippen molar-refractivity contribution < 1.29 is 9.72 Å². The first kappa shape index (κ1) is 16.9. The number of aryl methyl sites for hydroxylation is 1. The van der Waals surface area contributed by atoms with Crippen molar-refractivity contribution in [1.29, 1.82) is 5.26 Å². The first-order chi connectivity index (χ1) is 10.8. The molecule has 1 heterocycles. The van der Waals surface area contributed by atoms with Gasteiger partial charge in [0.15, 0.2) is 0 Å². The van der Waals surface area contributed by atoms with Gasteiger partial charge in [0.05, 0.1) is 11.0 Å². The van der Waals surface area contributed by atoms with Gasteiger partial charge < -0.3 is 5.32 Å². The summed E-state index contributed by atoms with van der Waals surface area (Å²) in [6, 6.07) is 1.52. The molecule has 2 rings (SSSR count). The second kappa shape index (κ2) is 6.36. The van der Waals surface area contributed by atoms with Crippen LogP contribution in [0.15, 0.2) is 0 Å². The van der Waals surface area contributed by atoms with E-state index in [1.165, 1.54) is 4.68 Å². The molecule has 1 N–H and O–H groups in total. The quantitative estimate of drug-likeness (QED) is 0.675. The summed E-state index contributed by atoms with van der Waals surface area (Å²) < 4.78 is 1.36. The van der Waals surface area contributed by atoms with Crippen LogP contribution in [0.25, 0.3) is 0 Å². The van der Waals surface area contributed by atoms with Gasteiger partial charge in [-0.05, 0) is 33.6 Å². The normalized spacial score (nSPS) is 18.0. The Morgan fingerprint density at radius 3 is 2.52 bits per heavy atom. The third-order valence-electron chi connectivity index (χ3n) is 4.50. The predicted molar refractivity (Wildman–Crippen MR) is 82.6 cm³/mol. The van der Waals surface area contributed by atoms with Crippen molar-refractivity contribution in [2.45, 2.75) is 64.5 Å². The molecule has 1 aromatic rings. The number of carbonyl (C=O) groups excluding carboxylic acids is 1. The van der Waals surface area contributed by atoms with Crippen molar-refractivity contribution in [2.24, 2.45) is 0 Å². The van der Waals surface area contributed by atoms with Crippen LogP contribution >= 0.6 is 0 Å². The zero-order valence-corrected chi connectivity index (χ0v) is 13.6. The van der Waals surface area contributed by atoms with Crippen molar-refractivity contribution in [3.63, 3.8) is 0 Å². The molecule has 0 radical (unpaired) electrons. The molecule has 1 aliphatic carbocycles. The molecule has 1 fully saturated rings. The van der Waals surface area contributed by atoms with Crippen molar-refractivity contribution in [3.05, 3.63) is 21.5 Å². The fourth-order valence-electron chi connectivity index (χ4n) is 3.17. The molecule has 1 saturated carbocycles. The molecule has 0 aromatic carbocycles. The lowest BCUT2D eigenvalue weighted by molar-refractivity contribution is -0.386. The lowest BCUT2D eigenvalue weighted by Crippen LogP contribution is -2.50. The van der Waals surface area contributed by atoms with Crippen LogP contribution in [0.2, 0.25) is 0 Å². The van der Waals surface area contributed by atoms with Crippen LogP contribution in [0.5, 0.6) is 0 Å². The SMILES string of the molecule is Cc1nn([C@@H](C)C(=O)NC2(C#N)CCCCC2)c(C)c1[N+](=O)[O-]. The van der Waals surface area contributed by atoms with Crippen LogP contribution in [0, 0.1) is 35.3 Å². The molecule has 1 atom stereocenters. The van der Waals surface area contributed by atoms with Crippen LogP contribution in [0.4, 0.5) is 5.69 Å². The van der Waals surface area contributed by atoms with Gasteiger partial charge in [-0.25, -0.2) is 0 Å². The van der Waals surface area contributed by atoms with E-state index >= 15 is 0 Å². The number of nitrogens with zero attached hydrogens (tertiary/aromatic N) is 4. The minimum atomic E-state index is -0.828. The number of aromatic nitrogens is 2. The van der Waals surface area contributed by atoms with Gasteiger partial charge in [-0.2, -0.15) is 10.4 Å². The second-order valence-electron chi connectivity index (χ2n) is 6.14. The number of rotatable bonds is 4. The van der Waals surface area contributed by atoms with Gasteiger partial charge in [-0.15, -0.1) is 0 Å². The third-order valence-corrected chi connectivity index (χ3v) is 4.50. The molecule has 0 saturated heterocycles. The number of nitro groups is 1. The van der Waals surface area contributed by atoms with Gasteiger partial charge in [0.2, 0.25) is 5.91 Å². The summed E-state index contributed by atoms with van der Waals surface area (Å²) in [7, 11) is 0. The zero-order chi connectivity index (χ0) is 17.2. The summed E-state index contributed by atoms with van der Waals surface area (Å²) >= 11 is 0. The van der Waals surface area contributed by atoms with Gasteiger partial charge in [0.25, 0.3) is 0 Å². The number of carbonyl (C=O) groups is 1. The van der Waals surface area contributed by atoms with Gasteiger partial charge in [-0.1, -0.05) is 19.3 Å². The standard InChI is InChI=1S/C15H21N5O3/c1-10-13(20(22)23)11(2)19(18-10)12(3)14(21)17-15(9-16)7-5-4-6-8-15/h12H,4-8H2,1-3H3,(H,17,21)/t12-/m0/s1. The molecule has 124 valence electrons. The van der Waals surface area contributed by atoms with E-state index in [-0.39, 0.29) is 17.3 Å². The Morgan fingerprint density at radius 1 is 1.43 bits per heavy atom. The van der Waals surface area contributed by atoms with Crippen molar-refractivity contribution in [3.8, 4) is 6.07 Å². The molecule has 8 nitrogen and oxygen atoms in total. The van der Waals surface area contributed by atoms with E-state index in [4.69, 9.17) is 0 Å². The highest BCUT2D eigenvalue weighted by Gasteiger charge is 2.36. The van der Waals surface area contributed by atoms with Crippen LogP contribution in [0.1, 0.15) is 56.5 Å². The maximum absolute atomic E-state index is 12.5. The predicted octanol–water partition coefficient (Wildman–Crippen LogP) is 2.31. The highest BCUT2D eigenvalue weighted by molar-refractivity contribution is 5.81. The molecule has 23 heavy (non-hydrogen) atoms. The molecule has 0 bridgehead atoms. The van der Waals surface area contributed by atoms with Crippen LogP contribution in [-0.4, -0.2) is 26.1 Å². The molecule has 1 amide bonds. The average Bonchev–Trinajstić information content (AvgIpc) is 2.82. The smallest absolute Gasteiger partial charge is 0.312 e. The van der Waals surface area contributed by atoms with E-state index in [0.29, 0.717) is 18.5 Å². The first-order valence-corrected chi connectivity index (χ1v) is 7.75. The fraction of sp³-hybridized carbons (Fsp3) is 0.667. The summed E-state index contributed by atoms with van der Waals surface area (Å²) in [5.41, 5.74) is -0.284. The summed E-state index contributed by atoms with van der Waals surface area (Å²) in [6.45, 7) is 4.75. The van der Waals surface area contributed by atoms with Crippen molar-refractivity contribution in [2.75, 3.05) is 0 Å². The highest BCUT2D eigenvalue weighted by Crippen LogP contribution is 2.29. The summed E-state index contributed by atoms with van der Waals surface area (Å²) in [4.78, 5) is 23.1. The Morgan fingerprint density at radius 2 is 2.04 bits per heavy atom. The summed E-state index contributed by atoms with van der Waals surface area (Å²) in [6.07, 6.45) is 4.16. The van der Waals surface area contributed by atoms with Gasteiger partial charge in [-0.3, -0.25) is 19.6 Å². The first-order valence-electron chi connectivity index (χ1n) is 7.75. The topological polar surface area (TPSA) is 114 Å². The van der Waals surface area contributed by atoms with Crippen molar-refractivity contribution >= 4 is 11.6 Å². The Bertz CT molecular complexity index is 667. The van der Waals surface area contributed by atoms with Gasteiger partial charge >= 0.3 is 5.69 Å². The largest absolute Gasteiger partial charge is 0.336 e. The molecular formula is C15H21N5O3. The van der Waals surface area contributed by atoms with Crippen LogP contribution in [0.3, 0.4) is 0 Å². The summed E-state index contributed by atoms with van der Waals surface area (Å²) in [5.74, 6) is -0.339. The maximum Gasteiger partial charge on any atom is 0.312 e. The van der Waals surface area contributed by atoms with Crippen LogP contribution < -0.4 is 5.32 Å². The van der Waals surface area contributed by atoms with E-state index in [2.05, 4.69) is 16.5 Å². The number of amides is 1. The zero-order valence-electron chi connectivity index (χ0n) is 13.6. The van der Waals surface area contributed by atoms with Gasteiger partial charge in [0.1, 0.15) is 23.0 Å². The number of hydrogen-bond acceptors (Lipinski definition) is 5. The molecule has 0 aliphatic heterocycles. The van der Waals surface area contributed by atoms with E-state index in [1.54, 1.807) is 20.8 Å². The molecule has 0 unspecified atom stereocenters. The Hall–Kier alpha value is -2.43. The third kappa shape index (κ3) is 3.18. The second-order valence-corrected chi connectivity index (χ2v) is 6.14. The Balaban J connectivity index is 2.22. The lowest BCUT2D eigenvalue weighted by atomic mass is 9.82. The average molecular weight is 319 g/mol.